The van der Waals surface area contributed by atoms with Gasteiger partial charge in [0.2, 0.25) is 0 Å². The Labute approximate surface area is 48.9 Å². The van der Waals surface area contributed by atoms with E-state index in [0.717, 1.165) is 0 Å². The van der Waals surface area contributed by atoms with Crippen LogP contribution in [0.5, 0.6) is 0 Å². The molecule has 0 bridgehead atoms. The Hall–Kier alpha value is -0.920. The van der Waals surface area contributed by atoms with E-state index in [0.29, 0.717) is 12.1 Å². The number of hydrogen-bond acceptors (Lipinski definition) is 2. The normalized spacial score (nSPS) is 9.62. The van der Waals surface area contributed by atoms with Crippen molar-refractivity contribution in [2.24, 2.45) is 5.18 Å². The molecule has 8 heavy (non-hydrogen) atoms. The Morgan fingerprint density at radius 2 is 2.50 bits per heavy atom. The fourth-order valence-corrected chi connectivity index (χ4v) is 0.291. The first-order valence-corrected chi connectivity index (χ1v) is 2.43. The third-order valence-electron chi connectivity index (χ3n) is 0.718. The third-order valence-corrected chi connectivity index (χ3v) is 0.718. The summed E-state index contributed by atoms with van der Waals surface area (Å²) in [5.41, 5.74) is 0.378. The van der Waals surface area contributed by atoms with E-state index in [1.807, 2.05) is 19.1 Å². The van der Waals surface area contributed by atoms with Gasteiger partial charge in [0, 0.05) is 6.42 Å². The topological polar surface area (TPSA) is 29.4 Å². The van der Waals surface area contributed by atoms with E-state index in [2.05, 4.69) is 11.8 Å². The van der Waals surface area contributed by atoms with Crippen LogP contribution in [0.15, 0.2) is 29.6 Å². The lowest BCUT2D eigenvalue weighted by Crippen LogP contribution is -1.66. The van der Waals surface area contributed by atoms with Crippen LogP contribution in [-0.4, -0.2) is 0 Å². The summed E-state index contributed by atoms with van der Waals surface area (Å²) in [4.78, 5) is 9.63. The van der Waals surface area contributed by atoms with Crippen LogP contribution in [0.3, 0.4) is 0 Å². The second kappa shape index (κ2) is 4.24. The van der Waals surface area contributed by atoms with Crippen molar-refractivity contribution < 1.29 is 0 Å². The molecular formula is C6H9NO. The SMILES string of the molecule is C=C(C/C=C/C)N=O. The van der Waals surface area contributed by atoms with Crippen molar-refractivity contribution in [3.05, 3.63) is 29.3 Å². The van der Waals surface area contributed by atoms with Crippen molar-refractivity contribution >= 4 is 0 Å². The number of rotatable bonds is 3. The van der Waals surface area contributed by atoms with Gasteiger partial charge in [-0.25, -0.2) is 0 Å². The molecule has 0 aliphatic heterocycles. The first kappa shape index (κ1) is 7.08. The monoisotopic (exact) mass is 111 g/mol. The molecule has 0 aliphatic rings. The van der Waals surface area contributed by atoms with Gasteiger partial charge in [-0.1, -0.05) is 18.7 Å². The van der Waals surface area contributed by atoms with Crippen LogP contribution in [0.25, 0.3) is 0 Å². The minimum Gasteiger partial charge on any atom is -0.145 e. The molecule has 0 saturated carbocycles. The van der Waals surface area contributed by atoms with E-state index in [1.165, 1.54) is 0 Å². The van der Waals surface area contributed by atoms with E-state index in [1.54, 1.807) is 0 Å². The Kier molecular flexibility index (Phi) is 3.76. The molecule has 0 atom stereocenters. The Morgan fingerprint density at radius 3 is 2.88 bits per heavy atom. The maximum Gasteiger partial charge on any atom is 0.0815 e. The highest BCUT2D eigenvalue weighted by atomic mass is 16.3. The Bertz CT molecular complexity index is 116. The zero-order valence-electron chi connectivity index (χ0n) is 4.92. The summed E-state index contributed by atoms with van der Waals surface area (Å²) in [6, 6.07) is 0. The second-order valence-electron chi connectivity index (χ2n) is 1.43. The van der Waals surface area contributed by atoms with Gasteiger partial charge in [0.15, 0.2) is 0 Å². The average molecular weight is 111 g/mol. The van der Waals surface area contributed by atoms with Crippen molar-refractivity contribution in [1.29, 1.82) is 0 Å². The summed E-state index contributed by atoms with van der Waals surface area (Å²) in [7, 11) is 0. The molecule has 0 saturated heterocycles. The maximum absolute atomic E-state index is 9.63. The molecule has 0 spiro atoms. The molecule has 44 valence electrons. The van der Waals surface area contributed by atoms with Gasteiger partial charge >= 0.3 is 0 Å². The lowest BCUT2D eigenvalue weighted by molar-refractivity contribution is 1.16. The van der Waals surface area contributed by atoms with Crippen LogP contribution in [0.1, 0.15) is 13.3 Å². The summed E-state index contributed by atoms with van der Waals surface area (Å²) in [5.74, 6) is 0. The van der Waals surface area contributed by atoms with E-state index in [4.69, 9.17) is 0 Å². The molecule has 2 nitrogen and oxygen atoms in total. The van der Waals surface area contributed by atoms with Gasteiger partial charge in [-0.15, -0.1) is 4.91 Å². The number of nitroso groups, excluding NO2 is 1. The molecule has 0 aromatic rings. The fourth-order valence-electron chi connectivity index (χ4n) is 0.291. The highest BCUT2D eigenvalue weighted by Gasteiger charge is 1.83. The Morgan fingerprint density at radius 1 is 1.88 bits per heavy atom. The lowest BCUT2D eigenvalue weighted by atomic mass is 10.3. The summed E-state index contributed by atoms with van der Waals surface area (Å²) >= 11 is 0. The van der Waals surface area contributed by atoms with Crippen LogP contribution >= 0.6 is 0 Å². The van der Waals surface area contributed by atoms with Crippen molar-refractivity contribution in [3.63, 3.8) is 0 Å². The van der Waals surface area contributed by atoms with E-state index in [-0.39, 0.29) is 0 Å². The molecule has 0 radical (unpaired) electrons. The molecule has 0 amide bonds. The molecule has 2 heteroatoms. The third kappa shape index (κ3) is 3.28. The fraction of sp³-hybridized carbons (Fsp3) is 0.333. The van der Waals surface area contributed by atoms with Gasteiger partial charge in [-0.2, -0.15) is 0 Å². The van der Waals surface area contributed by atoms with Crippen molar-refractivity contribution in [1.82, 2.24) is 0 Å². The minimum absolute atomic E-state index is 0.378. The van der Waals surface area contributed by atoms with Crippen molar-refractivity contribution in [2.75, 3.05) is 0 Å². The van der Waals surface area contributed by atoms with Crippen LogP contribution in [0, 0.1) is 4.91 Å². The van der Waals surface area contributed by atoms with Gasteiger partial charge < -0.3 is 0 Å². The second-order valence-corrected chi connectivity index (χ2v) is 1.43. The van der Waals surface area contributed by atoms with E-state index < -0.39 is 0 Å². The van der Waals surface area contributed by atoms with Crippen LogP contribution in [0.4, 0.5) is 0 Å². The molecule has 0 fully saturated rings. The summed E-state index contributed by atoms with van der Waals surface area (Å²) in [5, 5.41) is 2.63. The van der Waals surface area contributed by atoms with Gasteiger partial charge in [0.1, 0.15) is 0 Å². The molecule has 0 aliphatic carbocycles. The van der Waals surface area contributed by atoms with Gasteiger partial charge in [0.05, 0.1) is 5.70 Å². The molecule has 0 heterocycles. The standard InChI is InChI=1S/C6H9NO/c1-3-4-5-6(2)7-8/h3-4H,2,5H2,1H3/b4-3+. The highest BCUT2D eigenvalue weighted by Crippen LogP contribution is 1.98. The van der Waals surface area contributed by atoms with Crippen molar-refractivity contribution in [3.8, 4) is 0 Å². The zero-order valence-corrected chi connectivity index (χ0v) is 4.92. The molecule has 0 rings (SSSR count). The zero-order chi connectivity index (χ0) is 6.41. The molecule has 0 unspecified atom stereocenters. The largest absolute Gasteiger partial charge is 0.145 e. The highest BCUT2D eigenvalue weighted by molar-refractivity contribution is 4.98. The smallest absolute Gasteiger partial charge is 0.0815 e. The maximum atomic E-state index is 9.63. The molecule has 0 N–H and O–H groups in total. The van der Waals surface area contributed by atoms with Gasteiger partial charge in [-0.05, 0) is 12.1 Å². The first-order valence-electron chi connectivity index (χ1n) is 2.43. The van der Waals surface area contributed by atoms with Gasteiger partial charge in [-0.3, -0.25) is 0 Å². The molecule has 0 aromatic heterocycles. The first-order chi connectivity index (χ1) is 3.81. The van der Waals surface area contributed by atoms with E-state index in [9.17, 15) is 4.91 Å². The number of hydrogen-bond donors (Lipinski definition) is 0. The quantitative estimate of drug-likeness (QED) is 0.405. The summed E-state index contributed by atoms with van der Waals surface area (Å²) < 4.78 is 0. The molecular weight excluding hydrogens is 102 g/mol. The molecule has 0 aromatic carbocycles. The van der Waals surface area contributed by atoms with Crippen LogP contribution in [-0.2, 0) is 0 Å². The minimum atomic E-state index is 0.378. The lowest BCUT2D eigenvalue weighted by Gasteiger charge is -1.82. The summed E-state index contributed by atoms with van der Waals surface area (Å²) in [6.07, 6.45) is 4.26. The van der Waals surface area contributed by atoms with Gasteiger partial charge in [0.25, 0.3) is 0 Å². The Balaban J connectivity index is 3.39. The predicted molar refractivity (Wildman–Crippen MR) is 34.4 cm³/mol. The van der Waals surface area contributed by atoms with Crippen LogP contribution < -0.4 is 0 Å². The number of nitrogens with zero attached hydrogens (tertiary/aromatic N) is 1. The van der Waals surface area contributed by atoms with Crippen molar-refractivity contribution in [2.45, 2.75) is 13.3 Å². The predicted octanol–water partition coefficient (Wildman–Crippen LogP) is 2.23. The summed E-state index contributed by atoms with van der Waals surface area (Å²) in [6.45, 7) is 5.27. The average Bonchev–Trinajstić information content (AvgIpc) is 1.83. The van der Waals surface area contributed by atoms with Crippen LogP contribution in [0.2, 0.25) is 0 Å². The van der Waals surface area contributed by atoms with E-state index >= 15 is 0 Å². The number of allylic oxidation sites excluding steroid dienone is 2.